The Labute approximate surface area is 188 Å². The van der Waals surface area contributed by atoms with E-state index in [1.807, 2.05) is 77.7 Å². The lowest BCUT2D eigenvalue weighted by molar-refractivity contribution is 0.0977. The Morgan fingerprint density at radius 3 is 2.12 bits per heavy atom. The van der Waals surface area contributed by atoms with Gasteiger partial charge < -0.3 is 0 Å². The maximum atomic E-state index is 13.9. The smallest absolute Gasteiger partial charge is 0.258 e. The van der Waals surface area contributed by atoms with Gasteiger partial charge in [-0.15, -0.1) is 0 Å². The number of benzene rings is 4. The van der Waals surface area contributed by atoms with E-state index in [0.717, 1.165) is 28.2 Å². The lowest BCUT2D eigenvalue weighted by Gasteiger charge is -2.32. The summed E-state index contributed by atoms with van der Waals surface area (Å²) in [4.78, 5) is 20.8. The third kappa shape index (κ3) is 3.85. The number of hydrogen-bond acceptors (Lipinski definition) is 2. The Balaban J connectivity index is 1.69. The van der Waals surface area contributed by atoms with Crippen LogP contribution in [0.15, 0.2) is 114 Å². The second kappa shape index (κ2) is 8.64. The van der Waals surface area contributed by atoms with Crippen LogP contribution in [0.4, 0.5) is 11.4 Å². The summed E-state index contributed by atoms with van der Waals surface area (Å²) >= 11 is 0. The van der Waals surface area contributed by atoms with Crippen LogP contribution < -0.4 is 4.90 Å². The van der Waals surface area contributed by atoms with Crippen molar-refractivity contribution in [1.82, 2.24) is 0 Å². The van der Waals surface area contributed by atoms with Gasteiger partial charge in [0.25, 0.3) is 5.91 Å². The first-order chi connectivity index (χ1) is 15.7. The summed E-state index contributed by atoms with van der Waals surface area (Å²) in [6, 6.07) is 36.0. The highest BCUT2D eigenvalue weighted by Crippen LogP contribution is 2.41. The van der Waals surface area contributed by atoms with Gasteiger partial charge in [0.1, 0.15) is 0 Å². The minimum Gasteiger partial charge on any atom is -0.298 e. The third-order valence-corrected chi connectivity index (χ3v) is 5.90. The number of carbonyl (C=O) groups excluding carboxylic acids is 1. The maximum Gasteiger partial charge on any atom is 0.258 e. The molecular formula is C29H24N2O. The Hall–Kier alpha value is -3.98. The van der Waals surface area contributed by atoms with Crippen LogP contribution in [0.3, 0.4) is 0 Å². The maximum absolute atomic E-state index is 13.9. The first-order valence-corrected chi connectivity index (χ1v) is 10.9. The number of nitrogens with zero attached hydrogens (tertiary/aromatic N) is 2. The van der Waals surface area contributed by atoms with Gasteiger partial charge in [-0.25, -0.2) is 0 Å². The van der Waals surface area contributed by atoms with Gasteiger partial charge in [-0.1, -0.05) is 90.5 Å². The number of amides is 1. The molecule has 1 atom stereocenters. The van der Waals surface area contributed by atoms with Crippen LogP contribution in [0.2, 0.25) is 0 Å². The van der Waals surface area contributed by atoms with Crippen molar-refractivity contribution < 1.29 is 4.79 Å². The normalized spacial score (nSPS) is 15.5. The fraction of sp³-hybridized carbons (Fsp3) is 0.103. The van der Waals surface area contributed by atoms with Crippen LogP contribution in [0.25, 0.3) is 0 Å². The second-order valence-corrected chi connectivity index (χ2v) is 8.09. The van der Waals surface area contributed by atoms with Gasteiger partial charge in [0.15, 0.2) is 0 Å². The Morgan fingerprint density at radius 2 is 1.41 bits per heavy atom. The summed E-state index contributed by atoms with van der Waals surface area (Å²) in [7, 11) is 0. The van der Waals surface area contributed by atoms with Crippen LogP contribution in [0.5, 0.6) is 0 Å². The molecule has 0 radical (unpaired) electrons. The summed E-state index contributed by atoms with van der Waals surface area (Å²) in [5, 5.41) is 0. The number of carbonyl (C=O) groups is 1. The molecule has 1 aliphatic heterocycles. The van der Waals surface area contributed by atoms with Gasteiger partial charge in [-0.05, 0) is 42.3 Å². The molecule has 4 aromatic rings. The Kier molecular flexibility index (Phi) is 5.39. The van der Waals surface area contributed by atoms with Gasteiger partial charge in [0.05, 0.1) is 23.1 Å². The zero-order valence-electron chi connectivity index (χ0n) is 18.0. The minimum atomic E-state index is -0.174. The summed E-state index contributed by atoms with van der Waals surface area (Å²) in [5.74, 6) is -0.0211. The predicted molar refractivity (Wildman–Crippen MR) is 131 cm³/mol. The summed E-state index contributed by atoms with van der Waals surface area (Å²) in [5.41, 5.74) is 6.68. The standard InChI is InChI=1S/C29H24N2O/c1-21-16-18-22(19-17-21)26-20-28(23-10-4-2-5-11-23)31(27-15-9-8-14-25(27)30-26)29(32)24-12-6-3-7-13-24/h2-19,28H,20H2,1H3/t28-/m1/s1. The highest BCUT2D eigenvalue weighted by Gasteiger charge is 2.32. The van der Waals surface area contributed by atoms with Gasteiger partial charge in [0.2, 0.25) is 0 Å². The summed E-state index contributed by atoms with van der Waals surface area (Å²) in [6.07, 6.45) is 0.625. The molecule has 0 saturated carbocycles. The number of para-hydroxylation sites is 2. The highest BCUT2D eigenvalue weighted by molar-refractivity contribution is 6.11. The lowest BCUT2D eigenvalue weighted by atomic mass is 9.95. The molecule has 0 aliphatic carbocycles. The zero-order chi connectivity index (χ0) is 21.9. The van der Waals surface area contributed by atoms with E-state index < -0.39 is 0 Å². The molecule has 3 heteroatoms. The van der Waals surface area contributed by atoms with Crippen molar-refractivity contribution in [3.05, 3.63) is 131 Å². The quantitative estimate of drug-likeness (QED) is 0.357. The molecule has 1 aliphatic rings. The summed E-state index contributed by atoms with van der Waals surface area (Å²) in [6.45, 7) is 2.08. The SMILES string of the molecule is Cc1ccc(C2=Nc3ccccc3N(C(=O)c3ccccc3)[C@@H](c3ccccc3)C2)cc1. The van der Waals surface area contributed by atoms with E-state index in [9.17, 15) is 4.79 Å². The minimum absolute atomic E-state index is 0.0211. The van der Waals surface area contributed by atoms with Crippen molar-refractivity contribution in [3.8, 4) is 0 Å². The van der Waals surface area contributed by atoms with Crippen molar-refractivity contribution in [2.75, 3.05) is 4.90 Å². The van der Waals surface area contributed by atoms with Crippen LogP contribution in [-0.2, 0) is 0 Å². The van der Waals surface area contributed by atoms with E-state index in [-0.39, 0.29) is 11.9 Å². The largest absolute Gasteiger partial charge is 0.298 e. The first kappa shape index (κ1) is 20.0. The van der Waals surface area contributed by atoms with E-state index in [1.54, 1.807) is 0 Å². The van der Waals surface area contributed by atoms with Crippen LogP contribution in [0, 0.1) is 6.92 Å². The molecule has 156 valence electrons. The van der Waals surface area contributed by atoms with Crippen molar-refractivity contribution in [2.45, 2.75) is 19.4 Å². The van der Waals surface area contributed by atoms with Crippen molar-refractivity contribution in [1.29, 1.82) is 0 Å². The molecule has 0 bridgehead atoms. The van der Waals surface area contributed by atoms with E-state index in [4.69, 9.17) is 4.99 Å². The highest BCUT2D eigenvalue weighted by atomic mass is 16.2. The average Bonchev–Trinajstić information content (AvgIpc) is 3.02. The first-order valence-electron chi connectivity index (χ1n) is 10.9. The molecule has 5 rings (SSSR count). The van der Waals surface area contributed by atoms with Crippen LogP contribution >= 0.6 is 0 Å². The van der Waals surface area contributed by atoms with Crippen molar-refractivity contribution in [3.63, 3.8) is 0 Å². The van der Waals surface area contributed by atoms with E-state index in [2.05, 4.69) is 43.3 Å². The average molecular weight is 417 g/mol. The van der Waals surface area contributed by atoms with E-state index in [0.29, 0.717) is 12.0 Å². The molecule has 32 heavy (non-hydrogen) atoms. The molecule has 0 fully saturated rings. The number of rotatable bonds is 3. The zero-order valence-corrected chi connectivity index (χ0v) is 18.0. The number of aliphatic imine (C=N–C) groups is 1. The fourth-order valence-electron chi connectivity index (χ4n) is 4.24. The van der Waals surface area contributed by atoms with Crippen LogP contribution in [0.1, 0.15) is 39.5 Å². The van der Waals surface area contributed by atoms with E-state index >= 15 is 0 Å². The number of fused-ring (bicyclic) bond motifs is 1. The molecule has 0 N–H and O–H groups in total. The second-order valence-electron chi connectivity index (χ2n) is 8.09. The van der Waals surface area contributed by atoms with Crippen LogP contribution in [-0.4, -0.2) is 11.6 Å². The molecule has 0 aromatic heterocycles. The molecule has 3 nitrogen and oxygen atoms in total. The van der Waals surface area contributed by atoms with Gasteiger partial charge in [-0.2, -0.15) is 0 Å². The monoisotopic (exact) mass is 416 g/mol. The predicted octanol–water partition coefficient (Wildman–Crippen LogP) is 6.91. The van der Waals surface area contributed by atoms with E-state index in [1.165, 1.54) is 5.56 Å². The van der Waals surface area contributed by atoms with Gasteiger partial charge in [0, 0.05) is 12.0 Å². The molecule has 1 amide bonds. The molecule has 4 aromatic carbocycles. The topological polar surface area (TPSA) is 32.7 Å². The van der Waals surface area contributed by atoms with Gasteiger partial charge >= 0.3 is 0 Å². The molecule has 0 unspecified atom stereocenters. The van der Waals surface area contributed by atoms with Crippen molar-refractivity contribution in [2.24, 2.45) is 4.99 Å². The van der Waals surface area contributed by atoms with Crippen molar-refractivity contribution >= 4 is 23.0 Å². The molecular weight excluding hydrogens is 392 g/mol. The van der Waals surface area contributed by atoms with Gasteiger partial charge in [-0.3, -0.25) is 14.7 Å². The fourth-order valence-corrected chi connectivity index (χ4v) is 4.24. The Morgan fingerprint density at radius 1 is 0.781 bits per heavy atom. The number of hydrogen-bond donors (Lipinski definition) is 0. The number of aryl methyl sites for hydroxylation is 1. The molecule has 0 spiro atoms. The molecule has 0 saturated heterocycles. The lowest BCUT2D eigenvalue weighted by Crippen LogP contribution is -2.35. The summed E-state index contributed by atoms with van der Waals surface area (Å²) < 4.78 is 0. The molecule has 1 heterocycles. The number of anilines is 1. The third-order valence-electron chi connectivity index (χ3n) is 5.90. The Bertz CT molecular complexity index is 1260.